The van der Waals surface area contributed by atoms with Crippen LogP contribution in [0.2, 0.25) is 0 Å². The molecule has 0 aliphatic carbocycles. The number of ether oxygens (including phenoxy) is 1. The molecule has 1 atom stereocenters. The molecular formula is C20H17F3N2O. The molecule has 1 aliphatic heterocycles. The first-order valence-electron chi connectivity index (χ1n) is 8.31. The predicted octanol–water partition coefficient (Wildman–Crippen LogP) is 5.03. The Kier molecular flexibility index (Phi) is 4.20. The molecule has 2 aromatic carbocycles. The summed E-state index contributed by atoms with van der Waals surface area (Å²) in [6.45, 7) is 1.37. The first-order chi connectivity index (χ1) is 12.5. The topological polar surface area (TPSA) is 17.4 Å². The molecule has 26 heavy (non-hydrogen) atoms. The maximum Gasteiger partial charge on any atom is 0.416 e. The molecule has 1 fully saturated rings. The van der Waals surface area contributed by atoms with Crippen LogP contribution in [0.3, 0.4) is 0 Å². The third kappa shape index (κ3) is 3.20. The van der Waals surface area contributed by atoms with Crippen molar-refractivity contribution in [3.8, 4) is 5.69 Å². The van der Waals surface area contributed by atoms with E-state index < -0.39 is 11.7 Å². The summed E-state index contributed by atoms with van der Waals surface area (Å²) < 4.78 is 46.4. The van der Waals surface area contributed by atoms with E-state index in [9.17, 15) is 13.2 Å². The number of nitrogens with zero attached hydrogens (tertiary/aromatic N) is 2. The molecule has 0 amide bonds. The monoisotopic (exact) mass is 358 g/mol. The van der Waals surface area contributed by atoms with Crippen LogP contribution in [0.5, 0.6) is 0 Å². The highest BCUT2D eigenvalue weighted by Gasteiger charge is 2.31. The number of benzene rings is 2. The number of halogens is 3. The zero-order valence-electron chi connectivity index (χ0n) is 13.9. The summed E-state index contributed by atoms with van der Waals surface area (Å²) in [5, 5.41) is 0. The van der Waals surface area contributed by atoms with Crippen LogP contribution in [-0.4, -0.2) is 17.7 Å². The van der Waals surface area contributed by atoms with E-state index in [-0.39, 0.29) is 6.23 Å². The van der Waals surface area contributed by atoms with Gasteiger partial charge in [-0.1, -0.05) is 24.3 Å². The number of rotatable bonds is 3. The van der Waals surface area contributed by atoms with Crippen molar-refractivity contribution >= 4 is 5.69 Å². The minimum absolute atomic E-state index is 0.246. The predicted molar refractivity (Wildman–Crippen MR) is 93.3 cm³/mol. The van der Waals surface area contributed by atoms with Gasteiger partial charge in [-0.05, 0) is 36.4 Å². The summed E-state index contributed by atoms with van der Waals surface area (Å²) >= 11 is 0. The van der Waals surface area contributed by atoms with E-state index in [2.05, 4.69) is 4.90 Å². The maximum absolute atomic E-state index is 12.9. The molecule has 0 unspecified atom stereocenters. The Morgan fingerprint density at radius 2 is 1.69 bits per heavy atom. The lowest BCUT2D eigenvalue weighted by Crippen LogP contribution is -2.22. The van der Waals surface area contributed by atoms with E-state index in [1.807, 2.05) is 42.6 Å². The van der Waals surface area contributed by atoms with E-state index in [1.54, 1.807) is 16.8 Å². The Labute approximate surface area is 149 Å². The van der Waals surface area contributed by atoms with E-state index >= 15 is 0 Å². The van der Waals surface area contributed by atoms with Crippen LogP contribution in [0, 0.1) is 0 Å². The van der Waals surface area contributed by atoms with Gasteiger partial charge in [-0.25, -0.2) is 0 Å². The van der Waals surface area contributed by atoms with Crippen molar-refractivity contribution in [2.24, 2.45) is 0 Å². The van der Waals surface area contributed by atoms with Gasteiger partial charge >= 0.3 is 6.18 Å². The van der Waals surface area contributed by atoms with Crippen LogP contribution >= 0.6 is 0 Å². The van der Waals surface area contributed by atoms with Gasteiger partial charge in [0.25, 0.3) is 0 Å². The zero-order valence-corrected chi connectivity index (χ0v) is 13.9. The Morgan fingerprint density at radius 1 is 0.923 bits per heavy atom. The molecule has 0 N–H and O–H groups in total. The third-order valence-electron chi connectivity index (χ3n) is 4.45. The van der Waals surface area contributed by atoms with Crippen molar-refractivity contribution < 1.29 is 17.9 Å². The Balaban J connectivity index is 1.62. The molecule has 1 aliphatic rings. The number of para-hydroxylation sites is 1. The second-order valence-electron chi connectivity index (χ2n) is 6.15. The highest BCUT2D eigenvalue weighted by atomic mass is 19.4. The SMILES string of the molecule is FC(F)(F)c1cccc(-n2ccc([C@H]3OCCN3c3ccccc3)c2)c1. The van der Waals surface area contributed by atoms with Crippen LogP contribution in [0.4, 0.5) is 18.9 Å². The van der Waals surface area contributed by atoms with Crippen LogP contribution in [0.15, 0.2) is 73.1 Å². The maximum atomic E-state index is 12.9. The molecule has 0 radical (unpaired) electrons. The number of hydrogen-bond donors (Lipinski definition) is 0. The number of hydrogen-bond acceptors (Lipinski definition) is 2. The number of aromatic nitrogens is 1. The highest BCUT2D eigenvalue weighted by molar-refractivity contribution is 5.49. The van der Waals surface area contributed by atoms with E-state index in [0.717, 1.165) is 29.9 Å². The van der Waals surface area contributed by atoms with Crippen molar-refractivity contribution in [3.05, 3.63) is 84.2 Å². The summed E-state index contributed by atoms with van der Waals surface area (Å²) in [6, 6.07) is 17.1. The van der Waals surface area contributed by atoms with E-state index in [0.29, 0.717) is 12.3 Å². The molecule has 1 saturated heterocycles. The largest absolute Gasteiger partial charge is 0.416 e. The van der Waals surface area contributed by atoms with Crippen LogP contribution in [0.1, 0.15) is 17.4 Å². The molecular weight excluding hydrogens is 341 g/mol. The minimum Gasteiger partial charge on any atom is -0.352 e. The number of alkyl halides is 3. The van der Waals surface area contributed by atoms with Gasteiger partial charge in [0.1, 0.15) is 0 Å². The molecule has 3 aromatic rings. The normalized spacial score (nSPS) is 17.7. The second-order valence-corrected chi connectivity index (χ2v) is 6.15. The lowest BCUT2D eigenvalue weighted by Gasteiger charge is -2.24. The van der Waals surface area contributed by atoms with E-state index in [4.69, 9.17) is 4.74 Å². The second kappa shape index (κ2) is 6.53. The molecule has 3 nitrogen and oxygen atoms in total. The molecule has 0 saturated carbocycles. The van der Waals surface area contributed by atoms with Gasteiger partial charge in [0.05, 0.1) is 12.2 Å². The lowest BCUT2D eigenvalue weighted by molar-refractivity contribution is -0.137. The van der Waals surface area contributed by atoms with Gasteiger partial charge < -0.3 is 14.2 Å². The first kappa shape index (κ1) is 16.7. The van der Waals surface area contributed by atoms with Crippen molar-refractivity contribution in [1.29, 1.82) is 0 Å². The molecule has 6 heteroatoms. The number of anilines is 1. The summed E-state index contributed by atoms with van der Waals surface area (Å²) in [5.74, 6) is 0. The molecule has 2 heterocycles. The molecule has 134 valence electrons. The summed E-state index contributed by atoms with van der Waals surface area (Å²) in [7, 11) is 0. The summed E-state index contributed by atoms with van der Waals surface area (Å²) in [5.41, 5.74) is 1.77. The fourth-order valence-corrected chi connectivity index (χ4v) is 3.19. The fourth-order valence-electron chi connectivity index (χ4n) is 3.19. The Hall–Kier alpha value is -2.73. The Morgan fingerprint density at radius 3 is 2.46 bits per heavy atom. The van der Waals surface area contributed by atoms with Crippen molar-refractivity contribution in [2.45, 2.75) is 12.4 Å². The highest BCUT2D eigenvalue weighted by Crippen LogP contribution is 2.33. The van der Waals surface area contributed by atoms with Crippen molar-refractivity contribution in [3.63, 3.8) is 0 Å². The van der Waals surface area contributed by atoms with Gasteiger partial charge in [0.15, 0.2) is 6.23 Å². The molecule has 4 rings (SSSR count). The summed E-state index contributed by atoms with van der Waals surface area (Å²) in [6.07, 6.45) is -1.02. The van der Waals surface area contributed by atoms with Crippen molar-refractivity contribution in [1.82, 2.24) is 4.57 Å². The zero-order chi connectivity index (χ0) is 18.1. The third-order valence-corrected chi connectivity index (χ3v) is 4.45. The average Bonchev–Trinajstić information content (AvgIpc) is 3.31. The Bertz CT molecular complexity index is 889. The van der Waals surface area contributed by atoms with Gasteiger partial charge in [-0.15, -0.1) is 0 Å². The van der Waals surface area contributed by atoms with Gasteiger partial charge in [-0.2, -0.15) is 13.2 Å². The van der Waals surface area contributed by atoms with Gasteiger partial charge in [-0.3, -0.25) is 0 Å². The molecule has 0 spiro atoms. The van der Waals surface area contributed by atoms with Gasteiger partial charge in [0, 0.05) is 35.9 Å². The van der Waals surface area contributed by atoms with Crippen LogP contribution in [-0.2, 0) is 10.9 Å². The molecule has 0 bridgehead atoms. The summed E-state index contributed by atoms with van der Waals surface area (Å²) in [4.78, 5) is 2.14. The van der Waals surface area contributed by atoms with Gasteiger partial charge in [0.2, 0.25) is 0 Å². The van der Waals surface area contributed by atoms with Crippen LogP contribution in [0.25, 0.3) is 5.69 Å². The average molecular weight is 358 g/mol. The minimum atomic E-state index is -4.36. The standard InChI is InChI=1S/C20H17F3N2O/c21-20(22,23)16-5-4-8-18(13-16)24-10-9-15(14-24)19-25(11-12-26-19)17-6-2-1-3-7-17/h1-10,13-14,19H,11-12H2/t19-/m1/s1. The quantitative estimate of drug-likeness (QED) is 0.653. The smallest absolute Gasteiger partial charge is 0.352 e. The van der Waals surface area contributed by atoms with Crippen LogP contribution < -0.4 is 4.90 Å². The molecule has 1 aromatic heterocycles. The first-order valence-corrected chi connectivity index (χ1v) is 8.31. The fraction of sp³-hybridized carbons (Fsp3) is 0.200. The van der Waals surface area contributed by atoms with Crippen molar-refractivity contribution in [2.75, 3.05) is 18.1 Å². The van der Waals surface area contributed by atoms with E-state index in [1.165, 1.54) is 6.07 Å². The lowest BCUT2D eigenvalue weighted by atomic mass is 10.2.